The Morgan fingerprint density at radius 1 is 1.15 bits per heavy atom. The highest BCUT2D eigenvalue weighted by atomic mass is 32.1. The number of carbonyl (C=O) groups excluding carboxylic acids is 1. The van der Waals surface area contributed by atoms with Crippen molar-refractivity contribution in [3.8, 4) is 21.7 Å². The average Bonchev–Trinajstić information content (AvgIpc) is 3.42. The third kappa shape index (κ3) is 4.23. The summed E-state index contributed by atoms with van der Waals surface area (Å²) in [6.07, 6.45) is 3.37. The van der Waals surface area contributed by atoms with Crippen LogP contribution in [-0.2, 0) is 0 Å². The Labute approximate surface area is 194 Å². The molecule has 2 amide bonds. The van der Waals surface area contributed by atoms with Crippen LogP contribution in [-0.4, -0.2) is 52.1 Å². The summed E-state index contributed by atoms with van der Waals surface area (Å²) in [6, 6.07) is 9.63. The van der Waals surface area contributed by atoms with E-state index in [1.165, 1.54) is 6.07 Å². The molecule has 4 heterocycles. The van der Waals surface area contributed by atoms with Gasteiger partial charge in [0.05, 0.1) is 10.6 Å². The average molecular weight is 463 g/mol. The van der Waals surface area contributed by atoms with Crippen LogP contribution in [0.2, 0.25) is 0 Å². The molecular weight excluding hydrogens is 439 g/mol. The van der Waals surface area contributed by atoms with Crippen molar-refractivity contribution in [1.29, 1.82) is 0 Å². The van der Waals surface area contributed by atoms with E-state index in [1.807, 2.05) is 26.0 Å². The van der Waals surface area contributed by atoms with Crippen molar-refractivity contribution < 1.29 is 9.18 Å². The first-order valence-corrected chi connectivity index (χ1v) is 11.6. The molecule has 2 N–H and O–H groups in total. The van der Waals surface area contributed by atoms with Crippen LogP contribution in [0.4, 0.5) is 15.1 Å². The van der Waals surface area contributed by atoms with E-state index in [0.717, 1.165) is 42.9 Å². The topological polar surface area (TPSA) is 83.0 Å². The highest BCUT2D eigenvalue weighted by Crippen LogP contribution is 2.40. The third-order valence-electron chi connectivity index (χ3n) is 5.72. The fraction of sp³-hybridized carbons (Fsp3) is 0.250. The zero-order valence-corrected chi connectivity index (χ0v) is 19.2. The summed E-state index contributed by atoms with van der Waals surface area (Å²) < 4.78 is 14.9. The van der Waals surface area contributed by atoms with Crippen LogP contribution in [0.25, 0.3) is 31.8 Å². The molecule has 0 radical (unpaired) electrons. The molecule has 1 aromatic carbocycles. The summed E-state index contributed by atoms with van der Waals surface area (Å²) in [6.45, 7) is 6.48. The van der Waals surface area contributed by atoms with Gasteiger partial charge >= 0.3 is 6.03 Å². The third-order valence-corrected chi connectivity index (χ3v) is 6.91. The number of rotatable bonds is 6. The Balaban J connectivity index is 1.45. The van der Waals surface area contributed by atoms with Crippen molar-refractivity contribution in [2.45, 2.75) is 13.8 Å². The number of amides is 2. The van der Waals surface area contributed by atoms with Crippen molar-refractivity contribution in [2.24, 2.45) is 0 Å². The first kappa shape index (κ1) is 21.3. The van der Waals surface area contributed by atoms with Crippen LogP contribution in [0.15, 0.2) is 42.7 Å². The zero-order valence-electron chi connectivity index (χ0n) is 18.4. The number of fused-ring (bicyclic) bond motifs is 1. The highest BCUT2D eigenvalue weighted by Gasteiger charge is 2.19. The van der Waals surface area contributed by atoms with E-state index in [9.17, 15) is 9.18 Å². The minimum absolute atomic E-state index is 0.0345. The van der Waals surface area contributed by atoms with E-state index in [2.05, 4.69) is 32.7 Å². The van der Waals surface area contributed by atoms with Gasteiger partial charge in [-0.3, -0.25) is 0 Å². The summed E-state index contributed by atoms with van der Waals surface area (Å²) in [5, 5.41) is 7.10. The standard InChI is InChI=1S/C24H23FN6OS/c1-14-12-28-20(25)11-18(14)17-5-3-4-16-10-19(33-22(16)17)21-15(2)13-29-23(30-21)26-6-8-31-9-7-27-24(31)32/h3-5,10-13H,6-9H2,1-2H3,(H,27,32)(H,26,29,30). The molecule has 1 saturated heterocycles. The molecule has 7 nitrogen and oxygen atoms in total. The van der Waals surface area contributed by atoms with E-state index in [-0.39, 0.29) is 6.03 Å². The predicted octanol–water partition coefficient (Wildman–Crippen LogP) is 4.61. The number of aromatic nitrogens is 3. The summed E-state index contributed by atoms with van der Waals surface area (Å²) >= 11 is 1.63. The Hall–Kier alpha value is -3.59. The van der Waals surface area contributed by atoms with Gasteiger partial charge in [0.1, 0.15) is 0 Å². The maximum absolute atomic E-state index is 13.9. The van der Waals surface area contributed by atoms with Gasteiger partial charge in [-0.1, -0.05) is 18.2 Å². The number of anilines is 1. The van der Waals surface area contributed by atoms with Gasteiger partial charge in [0.2, 0.25) is 11.9 Å². The van der Waals surface area contributed by atoms with Gasteiger partial charge in [0.25, 0.3) is 0 Å². The van der Waals surface area contributed by atoms with E-state index < -0.39 is 5.95 Å². The van der Waals surface area contributed by atoms with Gasteiger partial charge in [-0.15, -0.1) is 11.3 Å². The number of hydrogen-bond donors (Lipinski definition) is 2. The lowest BCUT2D eigenvalue weighted by Gasteiger charge is -2.14. The van der Waals surface area contributed by atoms with Gasteiger partial charge in [-0.2, -0.15) is 4.39 Å². The Morgan fingerprint density at radius 3 is 2.82 bits per heavy atom. The lowest BCUT2D eigenvalue weighted by molar-refractivity contribution is 0.219. The quantitative estimate of drug-likeness (QED) is 0.409. The van der Waals surface area contributed by atoms with Crippen molar-refractivity contribution in [2.75, 3.05) is 31.5 Å². The van der Waals surface area contributed by atoms with Crippen LogP contribution < -0.4 is 10.6 Å². The number of nitrogens with one attached hydrogen (secondary N) is 2. The molecule has 168 valence electrons. The van der Waals surface area contributed by atoms with E-state index >= 15 is 0 Å². The fourth-order valence-corrected chi connectivity index (χ4v) is 5.23. The number of aryl methyl sites for hydroxylation is 2. The first-order chi connectivity index (χ1) is 16.0. The van der Waals surface area contributed by atoms with Gasteiger partial charge < -0.3 is 15.5 Å². The van der Waals surface area contributed by atoms with E-state index in [0.29, 0.717) is 32.1 Å². The molecule has 0 unspecified atom stereocenters. The molecular formula is C24H23FN6OS. The molecule has 0 aliphatic carbocycles. The second-order valence-corrected chi connectivity index (χ2v) is 9.08. The van der Waals surface area contributed by atoms with Crippen molar-refractivity contribution >= 4 is 33.4 Å². The molecule has 0 saturated carbocycles. The molecule has 3 aromatic heterocycles. The van der Waals surface area contributed by atoms with Crippen LogP contribution >= 0.6 is 11.3 Å². The number of halogens is 1. The van der Waals surface area contributed by atoms with Gasteiger partial charge in [0, 0.05) is 49.3 Å². The molecule has 5 rings (SSSR count). The van der Waals surface area contributed by atoms with Crippen molar-refractivity contribution in [3.05, 3.63) is 59.8 Å². The fourth-order valence-electron chi connectivity index (χ4n) is 3.98. The molecule has 1 aliphatic rings. The van der Waals surface area contributed by atoms with Crippen LogP contribution in [0.3, 0.4) is 0 Å². The summed E-state index contributed by atoms with van der Waals surface area (Å²) in [7, 11) is 0. The largest absolute Gasteiger partial charge is 0.352 e. The van der Waals surface area contributed by atoms with Gasteiger partial charge in [0.15, 0.2) is 0 Å². The molecule has 1 fully saturated rings. The lowest BCUT2D eigenvalue weighted by atomic mass is 10.0. The second kappa shape index (κ2) is 8.74. The number of thiophene rings is 1. The lowest BCUT2D eigenvalue weighted by Crippen LogP contribution is -2.32. The van der Waals surface area contributed by atoms with Crippen LogP contribution in [0.1, 0.15) is 11.1 Å². The predicted molar refractivity (Wildman–Crippen MR) is 129 cm³/mol. The van der Waals surface area contributed by atoms with Crippen molar-refractivity contribution in [3.63, 3.8) is 0 Å². The van der Waals surface area contributed by atoms with E-state index in [4.69, 9.17) is 4.98 Å². The van der Waals surface area contributed by atoms with E-state index in [1.54, 1.807) is 28.6 Å². The Kier molecular flexibility index (Phi) is 5.63. The van der Waals surface area contributed by atoms with Crippen molar-refractivity contribution in [1.82, 2.24) is 25.2 Å². The molecule has 0 atom stereocenters. The van der Waals surface area contributed by atoms with Gasteiger partial charge in [-0.05, 0) is 47.6 Å². The normalized spacial score (nSPS) is 13.5. The Bertz CT molecular complexity index is 1350. The molecule has 33 heavy (non-hydrogen) atoms. The number of benzene rings is 1. The number of carbonyl (C=O) groups is 1. The maximum atomic E-state index is 13.9. The first-order valence-electron chi connectivity index (χ1n) is 10.8. The summed E-state index contributed by atoms with van der Waals surface area (Å²) in [4.78, 5) is 27.4. The number of nitrogens with zero attached hydrogens (tertiary/aromatic N) is 4. The Morgan fingerprint density at radius 2 is 2.00 bits per heavy atom. The SMILES string of the molecule is Cc1cnc(F)cc1-c1cccc2cc(-c3nc(NCCN4CCNC4=O)ncc3C)sc12. The maximum Gasteiger partial charge on any atom is 0.317 e. The molecule has 4 aromatic rings. The monoisotopic (exact) mass is 462 g/mol. The van der Waals surface area contributed by atoms with Crippen LogP contribution in [0, 0.1) is 19.8 Å². The molecule has 1 aliphatic heterocycles. The molecule has 0 bridgehead atoms. The molecule has 9 heteroatoms. The number of pyridine rings is 1. The minimum Gasteiger partial charge on any atom is -0.352 e. The summed E-state index contributed by atoms with van der Waals surface area (Å²) in [5.74, 6) is 0.0399. The summed E-state index contributed by atoms with van der Waals surface area (Å²) in [5.41, 5.74) is 4.58. The van der Waals surface area contributed by atoms with Gasteiger partial charge in [-0.25, -0.2) is 19.7 Å². The number of urea groups is 1. The second-order valence-electron chi connectivity index (χ2n) is 8.03. The highest BCUT2D eigenvalue weighted by molar-refractivity contribution is 7.22. The minimum atomic E-state index is -0.488. The molecule has 0 spiro atoms. The number of hydrogen-bond acceptors (Lipinski definition) is 6. The van der Waals surface area contributed by atoms with Crippen LogP contribution in [0.5, 0.6) is 0 Å². The zero-order chi connectivity index (χ0) is 22.9. The smallest absolute Gasteiger partial charge is 0.317 e.